The van der Waals surface area contributed by atoms with Crippen LogP contribution in [0, 0.1) is 12.8 Å². The molecule has 0 saturated heterocycles. The fourth-order valence-electron chi connectivity index (χ4n) is 1.55. The van der Waals surface area contributed by atoms with Crippen LogP contribution in [0.2, 0.25) is 0 Å². The van der Waals surface area contributed by atoms with Gasteiger partial charge in [-0.15, -0.1) is 11.3 Å². The van der Waals surface area contributed by atoms with E-state index in [-0.39, 0.29) is 24.1 Å². The molecule has 0 spiro atoms. The van der Waals surface area contributed by atoms with Crippen molar-refractivity contribution in [3.63, 3.8) is 0 Å². The van der Waals surface area contributed by atoms with E-state index in [1.165, 1.54) is 11.3 Å². The zero-order valence-corrected chi connectivity index (χ0v) is 12.8. The topological polar surface area (TPSA) is 74.2 Å². The second kappa shape index (κ2) is 7.45. The van der Waals surface area contributed by atoms with E-state index in [0.717, 1.165) is 10.7 Å². The Hall–Kier alpha value is -1.14. The molecule has 0 aliphatic heterocycles. The van der Waals surface area contributed by atoms with E-state index in [1.807, 2.05) is 33.1 Å². The molecule has 6 heteroatoms. The molecule has 0 saturated carbocycles. The van der Waals surface area contributed by atoms with E-state index < -0.39 is 0 Å². The second-order valence-electron chi connectivity index (χ2n) is 5.05. The van der Waals surface area contributed by atoms with Crippen molar-refractivity contribution in [2.45, 2.75) is 46.3 Å². The number of carbonyl (C=O) groups excluding carboxylic acids is 1. The molecule has 0 bridgehead atoms. The lowest BCUT2D eigenvalue weighted by Gasteiger charge is -2.16. The highest BCUT2D eigenvalue weighted by Gasteiger charge is 2.13. The average molecular weight is 285 g/mol. The number of aromatic nitrogens is 1. The monoisotopic (exact) mass is 285 g/mol. The van der Waals surface area contributed by atoms with Gasteiger partial charge in [-0.2, -0.15) is 0 Å². The maximum atomic E-state index is 11.7. The lowest BCUT2D eigenvalue weighted by Crippen LogP contribution is -2.38. The van der Waals surface area contributed by atoms with Crippen LogP contribution in [0.4, 0.5) is 4.79 Å². The molecule has 0 radical (unpaired) electrons. The number of carbonyl (C=O) groups is 1. The van der Waals surface area contributed by atoms with Crippen molar-refractivity contribution in [2.75, 3.05) is 6.54 Å². The quantitative estimate of drug-likeness (QED) is 0.750. The van der Waals surface area contributed by atoms with Crippen LogP contribution in [0.3, 0.4) is 0 Å². The van der Waals surface area contributed by atoms with Gasteiger partial charge in [0.2, 0.25) is 0 Å². The number of thiazole rings is 1. The van der Waals surface area contributed by atoms with Crippen molar-refractivity contribution in [1.29, 1.82) is 0 Å². The van der Waals surface area contributed by atoms with E-state index in [2.05, 4.69) is 15.6 Å². The van der Waals surface area contributed by atoms with Gasteiger partial charge in [0.15, 0.2) is 0 Å². The molecule has 3 N–H and O–H groups in total. The highest BCUT2D eigenvalue weighted by atomic mass is 32.1. The van der Waals surface area contributed by atoms with Crippen molar-refractivity contribution in [1.82, 2.24) is 15.6 Å². The van der Waals surface area contributed by atoms with Gasteiger partial charge in [-0.25, -0.2) is 9.78 Å². The normalized spacial score (nSPS) is 14.2. The minimum atomic E-state index is -0.376. The van der Waals surface area contributed by atoms with Gasteiger partial charge in [0, 0.05) is 17.6 Å². The van der Waals surface area contributed by atoms with E-state index in [0.29, 0.717) is 13.0 Å². The summed E-state index contributed by atoms with van der Waals surface area (Å²) in [5, 5.41) is 18.1. The molecule has 0 aromatic carbocycles. The Morgan fingerprint density at radius 1 is 1.47 bits per heavy atom. The number of aliphatic hydroxyl groups is 1. The third-order valence-electron chi connectivity index (χ3n) is 2.85. The molecule has 5 nitrogen and oxygen atoms in total. The van der Waals surface area contributed by atoms with Crippen LogP contribution in [-0.2, 0) is 0 Å². The van der Waals surface area contributed by atoms with Crippen LogP contribution in [0.25, 0.3) is 0 Å². The maximum absolute atomic E-state index is 11.7. The Kier molecular flexibility index (Phi) is 6.24. The smallest absolute Gasteiger partial charge is 0.315 e. The van der Waals surface area contributed by atoms with E-state index in [4.69, 9.17) is 0 Å². The average Bonchev–Trinajstić information content (AvgIpc) is 2.75. The minimum absolute atomic E-state index is 0.103. The van der Waals surface area contributed by atoms with Crippen molar-refractivity contribution < 1.29 is 9.90 Å². The SMILES string of the molecule is Cc1csc(C(C)NC(=O)NCCC(O)C(C)C)n1. The lowest BCUT2D eigenvalue weighted by atomic mass is 10.0. The van der Waals surface area contributed by atoms with Crippen LogP contribution in [-0.4, -0.2) is 28.8 Å². The Labute approximate surface area is 118 Å². The minimum Gasteiger partial charge on any atom is -0.393 e. The third kappa shape index (κ3) is 5.57. The van der Waals surface area contributed by atoms with Crippen molar-refractivity contribution >= 4 is 17.4 Å². The van der Waals surface area contributed by atoms with Gasteiger partial charge in [-0.3, -0.25) is 0 Å². The zero-order chi connectivity index (χ0) is 14.4. The van der Waals surface area contributed by atoms with Crippen molar-refractivity contribution in [3.8, 4) is 0 Å². The summed E-state index contributed by atoms with van der Waals surface area (Å²) in [4.78, 5) is 16.0. The number of rotatable bonds is 6. The largest absolute Gasteiger partial charge is 0.393 e. The molecule has 1 aromatic heterocycles. The van der Waals surface area contributed by atoms with Gasteiger partial charge in [-0.1, -0.05) is 13.8 Å². The molecule has 1 aromatic rings. The summed E-state index contributed by atoms with van der Waals surface area (Å²) in [7, 11) is 0. The number of nitrogens with one attached hydrogen (secondary N) is 2. The fourth-order valence-corrected chi connectivity index (χ4v) is 2.35. The summed E-state index contributed by atoms with van der Waals surface area (Å²) in [5.41, 5.74) is 0.967. The molecule has 108 valence electrons. The predicted molar refractivity (Wildman–Crippen MR) is 77.3 cm³/mol. The number of hydrogen-bond donors (Lipinski definition) is 3. The molecule has 2 unspecified atom stereocenters. The summed E-state index contributed by atoms with van der Waals surface area (Å²) in [6.45, 7) is 8.21. The Morgan fingerprint density at radius 3 is 2.68 bits per heavy atom. The van der Waals surface area contributed by atoms with Gasteiger partial charge < -0.3 is 15.7 Å². The molecular weight excluding hydrogens is 262 g/mol. The molecule has 0 aliphatic rings. The molecular formula is C13H23N3O2S. The van der Waals surface area contributed by atoms with E-state index >= 15 is 0 Å². The highest BCUT2D eigenvalue weighted by Crippen LogP contribution is 2.17. The van der Waals surface area contributed by atoms with Crippen molar-refractivity contribution in [2.24, 2.45) is 5.92 Å². The van der Waals surface area contributed by atoms with Crippen LogP contribution < -0.4 is 10.6 Å². The maximum Gasteiger partial charge on any atom is 0.315 e. The van der Waals surface area contributed by atoms with Gasteiger partial charge in [0.25, 0.3) is 0 Å². The zero-order valence-electron chi connectivity index (χ0n) is 11.9. The van der Waals surface area contributed by atoms with Gasteiger partial charge >= 0.3 is 6.03 Å². The van der Waals surface area contributed by atoms with Gasteiger partial charge in [0.05, 0.1) is 12.1 Å². The molecule has 19 heavy (non-hydrogen) atoms. The van der Waals surface area contributed by atoms with Gasteiger partial charge in [0.1, 0.15) is 5.01 Å². The third-order valence-corrected chi connectivity index (χ3v) is 4.00. The number of urea groups is 1. The summed E-state index contributed by atoms with van der Waals surface area (Å²) in [6.07, 6.45) is 0.190. The molecule has 0 fully saturated rings. The standard InChI is InChI=1S/C13H23N3O2S/c1-8(2)11(17)5-6-14-13(18)16-10(4)12-15-9(3)7-19-12/h7-8,10-11,17H,5-6H2,1-4H3,(H2,14,16,18). The van der Waals surface area contributed by atoms with Crippen LogP contribution in [0.15, 0.2) is 5.38 Å². The molecule has 2 amide bonds. The van der Waals surface area contributed by atoms with Gasteiger partial charge in [-0.05, 0) is 26.2 Å². The number of nitrogens with zero attached hydrogens (tertiary/aromatic N) is 1. The first kappa shape index (κ1) is 15.9. The summed E-state index contributed by atoms with van der Waals surface area (Å²) in [6, 6.07) is -0.329. The Morgan fingerprint density at radius 2 is 2.16 bits per heavy atom. The summed E-state index contributed by atoms with van der Waals surface area (Å²) in [5.74, 6) is 0.210. The van der Waals surface area contributed by atoms with E-state index in [9.17, 15) is 9.90 Å². The number of aliphatic hydroxyl groups excluding tert-OH is 1. The molecule has 2 atom stereocenters. The summed E-state index contributed by atoms with van der Waals surface area (Å²) >= 11 is 1.54. The van der Waals surface area contributed by atoms with Crippen molar-refractivity contribution in [3.05, 3.63) is 16.1 Å². The summed E-state index contributed by atoms with van der Waals surface area (Å²) < 4.78 is 0. The molecule has 1 heterocycles. The fraction of sp³-hybridized carbons (Fsp3) is 0.692. The second-order valence-corrected chi connectivity index (χ2v) is 5.94. The van der Waals surface area contributed by atoms with Crippen LogP contribution in [0.5, 0.6) is 0 Å². The molecule has 0 aliphatic carbocycles. The Bertz CT molecular complexity index is 406. The first-order valence-electron chi connectivity index (χ1n) is 6.54. The lowest BCUT2D eigenvalue weighted by molar-refractivity contribution is 0.116. The first-order valence-corrected chi connectivity index (χ1v) is 7.42. The van der Waals surface area contributed by atoms with Crippen LogP contribution >= 0.6 is 11.3 Å². The van der Waals surface area contributed by atoms with E-state index in [1.54, 1.807) is 0 Å². The first-order chi connectivity index (χ1) is 8.90. The highest BCUT2D eigenvalue weighted by molar-refractivity contribution is 7.09. The molecule has 1 rings (SSSR count). The number of amides is 2. The van der Waals surface area contributed by atoms with Crippen LogP contribution in [0.1, 0.15) is 43.9 Å². The number of aryl methyl sites for hydroxylation is 1. The Balaban J connectivity index is 2.27. The predicted octanol–water partition coefficient (Wildman–Crippen LogP) is 2.22. The number of hydrogen-bond acceptors (Lipinski definition) is 4.